The highest BCUT2D eigenvalue weighted by Gasteiger charge is 2.11. The Labute approximate surface area is 165 Å². The number of halogens is 1. The Hall–Kier alpha value is -2.83. The van der Waals surface area contributed by atoms with Gasteiger partial charge in [-0.2, -0.15) is 5.10 Å². The van der Waals surface area contributed by atoms with Crippen LogP contribution in [-0.4, -0.2) is 26.3 Å². The number of nitrogens with one attached hydrogen (secondary N) is 1. The van der Waals surface area contributed by atoms with Crippen LogP contribution >= 0.6 is 23.4 Å². The maximum Gasteiger partial charge on any atom is 0.234 e. The number of fused-ring (bicyclic) bond motifs is 1. The molecule has 4 rings (SSSR count). The summed E-state index contributed by atoms with van der Waals surface area (Å²) in [6.07, 6.45) is 3.49. The van der Waals surface area contributed by atoms with E-state index in [1.807, 2.05) is 36.4 Å². The molecule has 0 saturated carbocycles. The van der Waals surface area contributed by atoms with Crippen LogP contribution in [0.25, 0.3) is 16.8 Å². The second kappa shape index (κ2) is 7.82. The molecular weight excluding hydrogens is 380 g/mol. The van der Waals surface area contributed by atoms with E-state index in [0.717, 1.165) is 21.8 Å². The lowest BCUT2D eigenvalue weighted by Crippen LogP contribution is -2.14. The van der Waals surface area contributed by atoms with E-state index < -0.39 is 0 Å². The van der Waals surface area contributed by atoms with Crippen LogP contribution in [0.3, 0.4) is 0 Å². The van der Waals surface area contributed by atoms with Crippen molar-refractivity contribution in [3.63, 3.8) is 0 Å². The van der Waals surface area contributed by atoms with Crippen LogP contribution in [0.1, 0.15) is 0 Å². The molecule has 0 atom stereocenters. The number of nitrogens with zero attached hydrogens (tertiary/aromatic N) is 3. The lowest BCUT2D eigenvalue weighted by atomic mass is 10.1. The van der Waals surface area contributed by atoms with Gasteiger partial charge in [0.25, 0.3) is 0 Å². The molecule has 0 spiro atoms. The van der Waals surface area contributed by atoms with E-state index in [2.05, 4.69) is 15.4 Å². The van der Waals surface area contributed by atoms with Crippen LogP contribution in [0.5, 0.6) is 0 Å². The third-order valence-corrected chi connectivity index (χ3v) is 5.10. The van der Waals surface area contributed by atoms with E-state index in [-0.39, 0.29) is 11.7 Å². The summed E-state index contributed by atoms with van der Waals surface area (Å²) in [6, 6.07) is 19.0. The molecular formula is C20H15ClN4OS. The average molecular weight is 395 g/mol. The van der Waals surface area contributed by atoms with Crippen molar-refractivity contribution in [1.29, 1.82) is 0 Å². The third kappa shape index (κ3) is 4.13. The molecule has 27 heavy (non-hydrogen) atoms. The van der Waals surface area contributed by atoms with Gasteiger partial charge in [-0.15, -0.1) is 0 Å². The molecule has 2 aromatic carbocycles. The summed E-state index contributed by atoms with van der Waals surface area (Å²) in [7, 11) is 0. The Bertz CT molecular complexity index is 1100. The van der Waals surface area contributed by atoms with Gasteiger partial charge in [-0.05, 0) is 24.3 Å². The number of amides is 1. The van der Waals surface area contributed by atoms with Crippen molar-refractivity contribution >= 4 is 40.5 Å². The Morgan fingerprint density at radius 1 is 1.11 bits per heavy atom. The zero-order chi connectivity index (χ0) is 18.6. The summed E-state index contributed by atoms with van der Waals surface area (Å²) in [6.45, 7) is 0. The monoisotopic (exact) mass is 394 g/mol. The van der Waals surface area contributed by atoms with Gasteiger partial charge in [0.05, 0.1) is 17.0 Å². The van der Waals surface area contributed by atoms with E-state index in [1.54, 1.807) is 41.2 Å². The molecule has 0 unspecified atom stereocenters. The van der Waals surface area contributed by atoms with E-state index >= 15 is 0 Å². The number of carbonyl (C=O) groups is 1. The molecule has 0 aliphatic heterocycles. The summed E-state index contributed by atoms with van der Waals surface area (Å²) in [5, 5.41) is 8.77. The van der Waals surface area contributed by atoms with E-state index in [1.165, 1.54) is 11.8 Å². The van der Waals surface area contributed by atoms with Gasteiger partial charge in [0.2, 0.25) is 5.91 Å². The van der Waals surface area contributed by atoms with Crippen molar-refractivity contribution in [3.8, 4) is 11.3 Å². The van der Waals surface area contributed by atoms with Gasteiger partial charge < -0.3 is 5.32 Å². The molecule has 5 nitrogen and oxygen atoms in total. The van der Waals surface area contributed by atoms with Gasteiger partial charge in [0, 0.05) is 28.7 Å². The number of thioether (sulfide) groups is 1. The van der Waals surface area contributed by atoms with Gasteiger partial charge in [-0.1, -0.05) is 59.8 Å². The summed E-state index contributed by atoms with van der Waals surface area (Å²) < 4.78 is 1.78. The molecule has 134 valence electrons. The first-order chi connectivity index (χ1) is 13.2. The van der Waals surface area contributed by atoms with Gasteiger partial charge >= 0.3 is 0 Å². The Kier molecular flexibility index (Phi) is 5.09. The van der Waals surface area contributed by atoms with Gasteiger partial charge in [0.1, 0.15) is 5.03 Å². The molecule has 0 fully saturated rings. The van der Waals surface area contributed by atoms with Gasteiger partial charge in [0.15, 0.2) is 0 Å². The SMILES string of the molecule is O=C(CSc1nccn2nc(-c3ccccc3)cc12)Nc1cccc(Cl)c1. The average Bonchev–Trinajstić information content (AvgIpc) is 3.12. The van der Waals surface area contributed by atoms with E-state index in [9.17, 15) is 4.79 Å². The van der Waals surface area contributed by atoms with Crippen LogP contribution in [0.15, 0.2) is 78.1 Å². The zero-order valence-electron chi connectivity index (χ0n) is 14.2. The molecule has 4 aromatic rings. The second-order valence-corrected chi connectivity index (χ2v) is 7.21. The number of anilines is 1. The summed E-state index contributed by atoms with van der Waals surface area (Å²) in [5.41, 5.74) is 3.46. The first-order valence-corrected chi connectivity index (χ1v) is 9.63. The lowest BCUT2D eigenvalue weighted by Gasteiger charge is -2.05. The minimum atomic E-state index is -0.117. The summed E-state index contributed by atoms with van der Waals surface area (Å²) >= 11 is 7.32. The normalized spacial score (nSPS) is 10.9. The quantitative estimate of drug-likeness (QED) is 0.495. The lowest BCUT2D eigenvalue weighted by molar-refractivity contribution is -0.113. The van der Waals surface area contributed by atoms with Gasteiger partial charge in [-0.25, -0.2) is 9.50 Å². The van der Waals surface area contributed by atoms with Crippen LogP contribution in [0, 0.1) is 0 Å². The van der Waals surface area contributed by atoms with Crippen molar-refractivity contribution in [2.24, 2.45) is 0 Å². The predicted octanol–water partition coefficient (Wildman–Crippen LogP) is 4.78. The highest BCUT2D eigenvalue weighted by molar-refractivity contribution is 8.00. The molecule has 7 heteroatoms. The molecule has 0 aliphatic carbocycles. The van der Waals surface area contributed by atoms with Gasteiger partial charge in [-0.3, -0.25) is 4.79 Å². The maximum absolute atomic E-state index is 12.2. The minimum Gasteiger partial charge on any atom is -0.325 e. The molecule has 2 aromatic heterocycles. The Morgan fingerprint density at radius 3 is 2.78 bits per heavy atom. The molecule has 1 amide bonds. The highest BCUT2D eigenvalue weighted by Crippen LogP contribution is 2.26. The Morgan fingerprint density at radius 2 is 1.96 bits per heavy atom. The van der Waals surface area contributed by atoms with Crippen LogP contribution in [0.2, 0.25) is 5.02 Å². The van der Waals surface area contributed by atoms with Crippen LogP contribution < -0.4 is 5.32 Å². The molecule has 1 N–H and O–H groups in total. The number of hydrogen-bond acceptors (Lipinski definition) is 4. The fourth-order valence-corrected chi connectivity index (χ4v) is 3.62. The standard InChI is InChI=1S/C20H15ClN4OS/c21-15-7-4-8-16(11-15)23-19(26)13-27-20-18-12-17(14-5-2-1-3-6-14)24-25(18)10-9-22-20/h1-12H,13H2,(H,23,26). The molecule has 0 bridgehead atoms. The smallest absolute Gasteiger partial charge is 0.234 e. The molecule has 0 aliphatic rings. The predicted molar refractivity (Wildman–Crippen MR) is 109 cm³/mol. The zero-order valence-corrected chi connectivity index (χ0v) is 15.7. The first kappa shape index (κ1) is 17.6. The maximum atomic E-state index is 12.2. The first-order valence-electron chi connectivity index (χ1n) is 8.27. The number of rotatable bonds is 5. The summed E-state index contributed by atoms with van der Waals surface area (Å²) in [4.78, 5) is 16.6. The number of benzene rings is 2. The molecule has 0 radical (unpaired) electrons. The molecule has 2 heterocycles. The Balaban J connectivity index is 1.50. The van der Waals surface area contributed by atoms with Crippen LogP contribution in [0.4, 0.5) is 5.69 Å². The fourth-order valence-electron chi connectivity index (χ4n) is 2.66. The van der Waals surface area contributed by atoms with Crippen molar-refractivity contribution in [2.45, 2.75) is 5.03 Å². The summed E-state index contributed by atoms with van der Waals surface area (Å²) in [5.74, 6) is 0.124. The fraction of sp³-hybridized carbons (Fsp3) is 0.0500. The minimum absolute atomic E-state index is 0.117. The van der Waals surface area contributed by atoms with Crippen molar-refractivity contribution in [2.75, 3.05) is 11.1 Å². The number of aromatic nitrogens is 3. The van der Waals surface area contributed by atoms with Crippen molar-refractivity contribution in [3.05, 3.63) is 78.1 Å². The molecule has 0 saturated heterocycles. The van der Waals surface area contributed by atoms with Crippen molar-refractivity contribution in [1.82, 2.24) is 14.6 Å². The van der Waals surface area contributed by atoms with Crippen LogP contribution in [-0.2, 0) is 4.79 Å². The third-order valence-electron chi connectivity index (χ3n) is 3.87. The number of carbonyl (C=O) groups excluding carboxylic acids is 1. The topological polar surface area (TPSA) is 59.3 Å². The van der Waals surface area contributed by atoms with Crippen molar-refractivity contribution < 1.29 is 4.79 Å². The van der Waals surface area contributed by atoms with E-state index in [0.29, 0.717) is 10.7 Å². The largest absolute Gasteiger partial charge is 0.325 e. The highest BCUT2D eigenvalue weighted by atomic mass is 35.5. The number of hydrogen-bond donors (Lipinski definition) is 1. The van der Waals surface area contributed by atoms with E-state index in [4.69, 9.17) is 11.6 Å². The second-order valence-electron chi connectivity index (χ2n) is 5.81.